The Kier molecular flexibility index (Phi) is 3.89. The van der Waals surface area contributed by atoms with Crippen LogP contribution in [0, 0.1) is 5.92 Å². The minimum Gasteiger partial charge on any atom is -0.306 e. The Bertz CT molecular complexity index is 313. The molecule has 17 heavy (non-hydrogen) atoms. The lowest BCUT2D eigenvalue weighted by Gasteiger charge is -2.30. The first-order valence-corrected chi connectivity index (χ1v) is 6.23. The zero-order valence-corrected chi connectivity index (χ0v) is 11.0. The number of likely N-dealkylation sites (tertiary alicyclic amines) is 1. The lowest BCUT2D eigenvalue weighted by atomic mass is 9.92. The van der Waals surface area contributed by atoms with Crippen molar-refractivity contribution in [2.24, 2.45) is 11.0 Å². The molecule has 3 atom stereocenters. The molecule has 3 unspecified atom stereocenters. The molecule has 2 rings (SSSR count). The molecule has 6 heteroatoms. The zero-order valence-electron chi connectivity index (χ0n) is 11.0. The van der Waals surface area contributed by atoms with Crippen LogP contribution in [0.5, 0.6) is 0 Å². The van der Waals surface area contributed by atoms with E-state index in [9.17, 15) is 0 Å². The van der Waals surface area contributed by atoms with Crippen LogP contribution in [0.25, 0.3) is 10.4 Å². The third kappa shape index (κ3) is 2.55. The maximum Gasteiger partial charge on any atom is 0.0507 e. The van der Waals surface area contributed by atoms with Crippen LogP contribution in [-0.4, -0.2) is 74.2 Å². The lowest BCUT2D eigenvalue weighted by molar-refractivity contribution is 0.214. The normalized spacial score (nSPS) is 36.3. The molecule has 96 valence electrons. The highest BCUT2D eigenvalue weighted by atomic mass is 15.4. The van der Waals surface area contributed by atoms with Crippen molar-refractivity contribution in [3.05, 3.63) is 10.4 Å². The Morgan fingerprint density at radius 1 is 1.29 bits per heavy atom. The fourth-order valence-electron chi connectivity index (χ4n) is 3.39. The Morgan fingerprint density at radius 3 is 2.65 bits per heavy atom. The van der Waals surface area contributed by atoms with Crippen LogP contribution in [0.4, 0.5) is 0 Å². The van der Waals surface area contributed by atoms with E-state index < -0.39 is 0 Å². The number of azide groups is 1. The smallest absolute Gasteiger partial charge is 0.0507 e. The number of hydrogen-bond acceptors (Lipinski definition) is 4. The monoisotopic (exact) mass is 238 g/mol. The van der Waals surface area contributed by atoms with E-state index >= 15 is 0 Å². The van der Waals surface area contributed by atoms with Gasteiger partial charge in [-0.3, -0.25) is 9.80 Å². The van der Waals surface area contributed by atoms with Crippen molar-refractivity contribution < 1.29 is 0 Å². The zero-order chi connectivity index (χ0) is 12.4. The van der Waals surface area contributed by atoms with Gasteiger partial charge in [-0.25, -0.2) is 0 Å². The molecule has 0 aliphatic carbocycles. The van der Waals surface area contributed by atoms with Crippen molar-refractivity contribution in [3.63, 3.8) is 0 Å². The molecule has 0 aromatic heterocycles. The summed E-state index contributed by atoms with van der Waals surface area (Å²) in [5.74, 6) is 0.703. The molecule has 0 amide bonds. The van der Waals surface area contributed by atoms with Gasteiger partial charge in [0.05, 0.1) is 6.67 Å². The standard InChI is InChI=1S/C11H22N6/c1-15-5-4-9(7-15)11-10(6-13-14-12)16(2)8-17(11)3/h9-11H,4-8H2,1-3H3. The topological polar surface area (TPSA) is 58.5 Å². The predicted octanol–water partition coefficient (Wildman–Crippen LogP) is 0.820. The van der Waals surface area contributed by atoms with Crippen molar-refractivity contribution in [1.29, 1.82) is 0 Å². The van der Waals surface area contributed by atoms with E-state index in [1.54, 1.807) is 0 Å². The van der Waals surface area contributed by atoms with Crippen LogP contribution in [0.15, 0.2) is 5.11 Å². The molecule has 2 saturated heterocycles. The third-order valence-electron chi connectivity index (χ3n) is 4.16. The van der Waals surface area contributed by atoms with Crippen LogP contribution in [0.1, 0.15) is 6.42 Å². The van der Waals surface area contributed by atoms with Crippen molar-refractivity contribution in [3.8, 4) is 0 Å². The van der Waals surface area contributed by atoms with Gasteiger partial charge in [-0.2, -0.15) is 0 Å². The number of rotatable bonds is 3. The van der Waals surface area contributed by atoms with Crippen LogP contribution in [-0.2, 0) is 0 Å². The number of nitrogens with zero attached hydrogens (tertiary/aromatic N) is 6. The summed E-state index contributed by atoms with van der Waals surface area (Å²) in [7, 11) is 6.48. The molecule has 2 aliphatic heterocycles. The van der Waals surface area contributed by atoms with Crippen molar-refractivity contribution >= 4 is 0 Å². The lowest BCUT2D eigenvalue weighted by Crippen LogP contribution is -2.43. The molecule has 0 N–H and O–H groups in total. The molecule has 0 saturated carbocycles. The Hall–Kier alpha value is -0.810. The first-order valence-electron chi connectivity index (χ1n) is 6.23. The predicted molar refractivity (Wildman–Crippen MR) is 67.6 cm³/mol. The first-order chi connectivity index (χ1) is 8.13. The maximum atomic E-state index is 8.49. The average Bonchev–Trinajstić information content (AvgIpc) is 2.80. The summed E-state index contributed by atoms with van der Waals surface area (Å²) in [6.07, 6.45) is 1.26. The van der Waals surface area contributed by atoms with Gasteiger partial charge in [0.15, 0.2) is 0 Å². The minimum absolute atomic E-state index is 0.368. The molecule has 0 spiro atoms. The van der Waals surface area contributed by atoms with Crippen LogP contribution >= 0.6 is 0 Å². The van der Waals surface area contributed by atoms with E-state index in [1.165, 1.54) is 13.0 Å². The highest BCUT2D eigenvalue weighted by molar-refractivity contribution is 4.98. The van der Waals surface area contributed by atoms with Gasteiger partial charge in [-0.1, -0.05) is 5.11 Å². The summed E-state index contributed by atoms with van der Waals surface area (Å²) in [4.78, 5) is 10.0. The maximum absolute atomic E-state index is 8.49. The van der Waals surface area contributed by atoms with Gasteiger partial charge in [0.2, 0.25) is 0 Å². The Labute approximate surface area is 103 Å². The molecule has 0 aromatic rings. The van der Waals surface area contributed by atoms with Gasteiger partial charge in [-0.05, 0) is 45.6 Å². The van der Waals surface area contributed by atoms with E-state index in [4.69, 9.17) is 5.53 Å². The summed E-state index contributed by atoms with van der Waals surface area (Å²) < 4.78 is 0. The Morgan fingerprint density at radius 2 is 2.06 bits per heavy atom. The molecule has 0 bridgehead atoms. The second kappa shape index (κ2) is 5.23. The largest absolute Gasteiger partial charge is 0.306 e. The molecule has 2 fully saturated rings. The molecular weight excluding hydrogens is 216 g/mol. The third-order valence-corrected chi connectivity index (χ3v) is 4.16. The minimum atomic E-state index is 0.368. The van der Waals surface area contributed by atoms with Crippen LogP contribution in [0.2, 0.25) is 0 Å². The first kappa shape index (κ1) is 12.6. The van der Waals surface area contributed by atoms with Crippen LogP contribution in [0.3, 0.4) is 0 Å². The van der Waals surface area contributed by atoms with E-state index in [-0.39, 0.29) is 0 Å². The van der Waals surface area contributed by atoms with Gasteiger partial charge in [-0.15, -0.1) is 0 Å². The fourth-order valence-corrected chi connectivity index (χ4v) is 3.39. The molecule has 6 nitrogen and oxygen atoms in total. The second-order valence-corrected chi connectivity index (χ2v) is 5.44. The summed E-state index contributed by atoms with van der Waals surface area (Å²) in [5, 5.41) is 3.78. The second-order valence-electron chi connectivity index (χ2n) is 5.44. The summed E-state index contributed by atoms with van der Waals surface area (Å²) in [6, 6.07) is 0.892. The van der Waals surface area contributed by atoms with Crippen molar-refractivity contribution in [2.45, 2.75) is 18.5 Å². The quantitative estimate of drug-likeness (QED) is 0.415. The summed E-state index contributed by atoms with van der Waals surface area (Å²) >= 11 is 0. The number of likely N-dealkylation sites (N-methyl/N-ethyl adjacent to an activating group) is 2. The van der Waals surface area contributed by atoms with E-state index in [0.29, 0.717) is 24.5 Å². The molecule has 2 heterocycles. The van der Waals surface area contributed by atoms with Gasteiger partial charge < -0.3 is 4.90 Å². The summed E-state index contributed by atoms with van der Waals surface area (Å²) in [5.41, 5.74) is 8.49. The van der Waals surface area contributed by atoms with Gasteiger partial charge in [0.1, 0.15) is 0 Å². The molecule has 0 radical (unpaired) electrons. The number of hydrogen-bond donors (Lipinski definition) is 0. The van der Waals surface area contributed by atoms with Gasteiger partial charge in [0.25, 0.3) is 0 Å². The van der Waals surface area contributed by atoms with Crippen molar-refractivity contribution in [2.75, 3.05) is 47.4 Å². The highest BCUT2D eigenvalue weighted by Gasteiger charge is 2.42. The molecule has 2 aliphatic rings. The van der Waals surface area contributed by atoms with E-state index in [2.05, 4.69) is 45.9 Å². The fraction of sp³-hybridized carbons (Fsp3) is 1.00. The van der Waals surface area contributed by atoms with E-state index in [1.807, 2.05) is 0 Å². The summed E-state index contributed by atoms with van der Waals surface area (Å²) in [6.45, 7) is 3.90. The molecular formula is C11H22N6. The average molecular weight is 238 g/mol. The SMILES string of the molecule is CN1CCC(C2C(CN=[N+]=[N-])N(C)CN2C)C1. The van der Waals surface area contributed by atoms with Crippen molar-refractivity contribution in [1.82, 2.24) is 14.7 Å². The van der Waals surface area contributed by atoms with Gasteiger partial charge in [0, 0.05) is 30.1 Å². The van der Waals surface area contributed by atoms with Crippen LogP contribution < -0.4 is 0 Å². The van der Waals surface area contributed by atoms with E-state index in [0.717, 1.165) is 13.2 Å². The highest BCUT2D eigenvalue weighted by Crippen LogP contribution is 2.30. The molecule has 0 aromatic carbocycles. The Balaban J connectivity index is 2.08. The van der Waals surface area contributed by atoms with Gasteiger partial charge >= 0.3 is 0 Å².